The maximum absolute atomic E-state index is 13.1. The molecule has 1 aliphatic rings. The van der Waals surface area contributed by atoms with Gasteiger partial charge >= 0.3 is 17.9 Å². The van der Waals surface area contributed by atoms with E-state index in [9.17, 15) is 14.4 Å². The van der Waals surface area contributed by atoms with Crippen LogP contribution in [0.2, 0.25) is 0 Å². The molecule has 2 aromatic carbocycles. The molecule has 7 nitrogen and oxygen atoms in total. The highest BCUT2D eigenvalue weighted by atomic mass is 79.9. The second-order valence-electron chi connectivity index (χ2n) is 6.66. The molecule has 1 aliphatic heterocycles. The van der Waals surface area contributed by atoms with Crippen LogP contribution in [0.3, 0.4) is 0 Å². The number of hydrogen-bond donors (Lipinski definition) is 0. The van der Waals surface area contributed by atoms with Gasteiger partial charge in [-0.05, 0) is 36.8 Å². The third-order valence-electron chi connectivity index (χ3n) is 4.95. The van der Waals surface area contributed by atoms with Crippen LogP contribution in [0.4, 0.5) is 5.69 Å². The van der Waals surface area contributed by atoms with Crippen molar-refractivity contribution in [2.24, 2.45) is 0 Å². The summed E-state index contributed by atoms with van der Waals surface area (Å²) < 4.78 is 16.1. The Morgan fingerprint density at radius 3 is 2.03 bits per heavy atom. The van der Waals surface area contributed by atoms with Crippen LogP contribution in [0.5, 0.6) is 0 Å². The Morgan fingerprint density at radius 1 is 0.903 bits per heavy atom. The van der Waals surface area contributed by atoms with Crippen molar-refractivity contribution in [1.29, 1.82) is 0 Å². The summed E-state index contributed by atoms with van der Waals surface area (Å²) in [4.78, 5) is 40.5. The highest BCUT2D eigenvalue weighted by Crippen LogP contribution is 2.45. The summed E-state index contributed by atoms with van der Waals surface area (Å²) >= 11 is 3.41. The van der Waals surface area contributed by atoms with Crippen molar-refractivity contribution in [2.45, 2.75) is 19.0 Å². The van der Waals surface area contributed by atoms with E-state index < -0.39 is 30.0 Å². The zero-order valence-corrected chi connectivity index (χ0v) is 18.9. The number of rotatable bonds is 6. The number of ether oxygens (including phenoxy) is 3. The quantitative estimate of drug-likeness (QED) is 0.454. The van der Waals surface area contributed by atoms with E-state index in [0.717, 1.165) is 4.47 Å². The molecule has 8 heteroatoms. The summed E-state index contributed by atoms with van der Waals surface area (Å²) in [5, 5.41) is 0. The first-order valence-corrected chi connectivity index (χ1v) is 10.4. The first-order chi connectivity index (χ1) is 14.9. The zero-order chi connectivity index (χ0) is 22.5. The Morgan fingerprint density at radius 2 is 1.48 bits per heavy atom. The van der Waals surface area contributed by atoms with Gasteiger partial charge in [-0.3, -0.25) is 0 Å². The van der Waals surface area contributed by atoms with Crippen LogP contribution in [0.25, 0.3) is 0 Å². The number of hydrogen-bond acceptors (Lipinski definition) is 7. The van der Waals surface area contributed by atoms with Gasteiger partial charge in [0.15, 0.2) is 6.04 Å². The number of anilines is 1. The fourth-order valence-electron chi connectivity index (χ4n) is 3.71. The van der Waals surface area contributed by atoms with E-state index in [1.807, 2.05) is 42.5 Å². The molecule has 2 aromatic rings. The van der Waals surface area contributed by atoms with Crippen LogP contribution in [0, 0.1) is 0 Å². The molecule has 0 aliphatic carbocycles. The van der Waals surface area contributed by atoms with E-state index in [1.54, 1.807) is 24.0 Å². The average Bonchev–Trinajstić information content (AvgIpc) is 3.15. The van der Waals surface area contributed by atoms with E-state index in [-0.39, 0.29) is 17.8 Å². The summed E-state index contributed by atoms with van der Waals surface area (Å²) in [7, 11) is 2.43. The first-order valence-electron chi connectivity index (χ1n) is 9.60. The van der Waals surface area contributed by atoms with E-state index >= 15 is 0 Å². The summed E-state index contributed by atoms with van der Waals surface area (Å²) in [6.07, 6.45) is 0. The topological polar surface area (TPSA) is 82.1 Å². The molecule has 0 fully saturated rings. The molecule has 1 unspecified atom stereocenters. The molecule has 0 spiro atoms. The Labute approximate surface area is 188 Å². The maximum Gasteiger partial charge on any atom is 0.337 e. The van der Waals surface area contributed by atoms with Crippen molar-refractivity contribution in [3.05, 3.63) is 75.8 Å². The molecular formula is C23H22BrNO6. The Hall–Kier alpha value is -3.13. The maximum atomic E-state index is 13.1. The summed E-state index contributed by atoms with van der Waals surface area (Å²) in [6.45, 7) is 1.79. The number of halogens is 1. The number of benzene rings is 2. The van der Waals surface area contributed by atoms with Gasteiger partial charge < -0.3 is 19.1 Å². The minimum Gasteiger partial charge on any atom is -0.466 e. The van der Waals surface area contributed by atoms with Crippen LogP contribution >= 0.6 is 15.9 Å². The van der Waals surface area contributed by atoms with Gasteiger partial charge in [0, 0.05) is 10.2 Å². The second kappa shape index (κ2) is 9.78. The monoisotopic (exact) mass is 487 g/mol. The Balaban J connectivity index is 2.33. The van der Waals surface area contributed by atoms with Gasteiger partial charge in [0.1, 0.15) is 0 Å². The third kappa shape index (κ3) is 4.34. The highest BCUT2D eigenvalue weighted by Gasteiger charge is 2.51. The zero-order valence-electron chi connectivity index (χ0n) is 17.3. The lowest BCUT2D eigenvalue weighted by Crippen LogP contribution is -2.42. The molecule has 162 valence electrons. The van der Waals surface area contributed by atoms with E-state index in [4.69, 9.17) is 14.2 Å². The van der Waals surface area contributed by atoms with Gasteiger partial charge in [-0.25, -0.2) is 14.4 Å². The molecule has 1 heterocycles. The first kappa shape index (κ1) is 22.6. The van der Waals surface area contributed by atoms with E-state index in [2.05, 4.69) is 15.9 Å². The molecule has 0 radical (unpaired) electrons. The molecule has 0 aromatic heterocycles. The fraction of sp³-hybridized carbons (Fsp3) is 0.261. The van der Waals surface area contributed by atoms with Gasteiger partial charge in [-0.1, -0.05) is 46.3 Å². The lowest BCUT2D eigenvalue weighted by Gasteiger charge is -2.33. The minimum atomic E-state index is -1.18. The van der Waals surface area contributed by atoms with Crippen molar-refractivity contribution in [1.82, 2.24) is 0 Å². The molecule has 3 rings (SSSR count). The van der Waals surface area contributed by atoms with Crippen molar-refractivity contribution >= 4 is 39.5 Å². The molecule has 0 bridgehead atoms. The molecule has 0 N–H and O–H groups in total. The third-order valence-corrected chi connectivity index (χ3v) is 5.48. The number of esters is 3. The number of nitrogens with zero attached hydrogens (tertiary/aromatic N) is 1. The van der Waals surface area contributed by atoms with E-state index in [0.29, 0.717) is 11.3 Å². The van der Waals surface area contributed by atoms with Crippen LogP contribution in [0.15, 0.2) is 70.2 Å². The average molecular weight is 488 g/mol. The van der Waals surface area contributed by atoms with Gasteiger partial charge in [0.2, 0.25) is 0 Å². The van der Waals surface area contributed by atoms with Crippen LogP contribution < -0.4 is 4.90 Å². The molecule has 2 atom stereocenters. The Bertz CT molecular complexity index is 1000. The molecular weight excluding hydrogens is 466 g/mol. The van der Waals surface area contributed by atoms with Gasteiger partial charge in [0.05, 0.1) is 38.0 Å². The predicted octanol–water partition coefficient (Wildman–Crippen LogP) is 3.58. The summed E-state index contributed by atoms with van der Waals surface area (Å²) in [5.41, 5.74) is 1.28. The SMILES string of the molecule is CCOC(=O)[C@@H]1C(C(=O)OC)=C(C(=O)OC)C(c2ccc(Br)cc2)N1c1ccccc1. The van der Waals surface area contributed by atoms with Crippen LogP contribution in [0.1, 0.15) is 18.5 Å². The van der Waals surface area contributed by atoms with E-state index in [1.165, 1.54) is 14.2 Å². The largest absolute Gasteiger partial charge is 0.466 e. The molecule has 0 saturated heterocycles. The van der Waals surface area contributed by atoms with Crippen molar-refractivity contribution < 1.29 is 28.6 Å². The Kier molecular flexibility index (Phi) is 7.12. The van der Waals surface area contributed by atoms with Crippen molar-refractivity contribution in [2.75, 3.05) is 25.7 Å². The number of carbonyl (C=O) groups excluding carboxylic acids is 3. The summed E-state index contributed by atoms with van der Waals surface area (Å²) in [6, 6.07) is 14.4. The van der Waals surface area contributed by atoms with Gasteiger partial charge in [0.25, 0.3) is 0 Å². The standard InChI is InChI=1S/C23H22BrNO6/c1-4-31-23(28)20-18(22(27)30-3)17(21(26)29-2)19(14-10-12-15(24)13-11-14)25(20)16-8-6-5-7-9-16/h5-13,19-20H,4H2,1-3H3/t19?,20-/m0/s1. The normalized spacial score (nSPS) is 18.0. The predicted molar refractivity (Wildman–Crippen MR) is 117 cm³/mol. The fourth-order valence-corrected chi connectivity index (χ4v) is 3.97. The lowest BCUT2D eigenvalue weighted by molar-refractivity contribution is -0.146. The van der Waals surface area contributed by atoms with Crippen LogP contribution in [-0.2, 0) is 28.6 Å². The van der Waals surface area contributed by atoms with Gasteiger partial charge in [-0.2, -0.15) is 0 Å². The molecule has 31 heavy (non-hydrogen) atoms. The minimum absolute atomic E-state index is 0.0404. The van der Waals surface area contributed by atoms with Crippen molar-refractivity contribution in [3.8, 4) is 0 Å². The summed E-state index contributed by atoms with van der Waals surface area (Å²) in [5.74, 6) is -2.17. The van der Waals surface area contributed by atoms with Gasteiger partial charge in [-0.15, -0.1) is 0 Å². The number of carbonyl (C=O) groups is 3. The van der Waals surface area contributed by atoms with Crippen LogP contribution in [-0.4, -0.2) is 44.8 Å². The smallest absolute Gasteiger partial charge is 0.337 e. The van der Waals surface area contributed by atoms with Crippen molar-refractivity contribution in [3.63, 3.8) is 0 Å². The second-order valence-corrected chi connectivity index (χ2v) is 7.58. The lowest BCUT2D eigenvalue weighted by atomic mass is 9.96. The highest BCUT2D eigenvalue weighted by molar-refractivity contribution is 9.10. The number of para-hydroxylation sites is 1. The number of methoxy groups -OCH3 is 2. The molecule has 0 saturated carbocycles. The molecule has 0 amide bonds.